The molecular weight excluding hydrogens is 812 g/mol. The Morgan fingerprint density at radius 2 is 0.891 bits per heavy atom. The van der Waals surface area contributed by atoms with Gasteiger partial charge in [-0.1, -0.05) is 262 Å². The van der Waals surface area contributed by atoms with Gasteiger partial charge < -0.3 is 9.32 Å². The van der Waals surface area contributed by atoms with Gasteiger partial charge in [0.15, 0.2) is 6.39 Å². The molecule has 3 amide bonds. The van der Waals surface area contributed by atoms with Crippen molar-refractivity contribution in [1.29, 1.82) is 5.26 Å². The van der Waals surface area contributed by atoms with E-state index in [1.165, 1.54) is 223 Å². The summed E-state index contributed by atoms with van der Waals surface area (Å²) in [6.45, 7) is 1.97. The van der Waals surface area contributed by atoms with E-state index >= 15 is 0 Å². The average molecular weight is 904 g/mol. The van der Waals surface area contributed by atoms with Gasteiger partial charge in [0, 0.05) is 0 Å². The Bertz CT molecular complexity index is 1530. The number of aromatic nitrogens is 1. The first-order valence-corrected chi connectivity index (χ1v) is 27.6. The lowest BCUT2D eigenvalue weighted by atomic mass is 9.84. The number of imide groups is 1. The molecule has 1 spiro atoms. The van der Waals surface area contributed by atoms with Crippen LogP contribution in [0.2, 0.25) is 5.02 Å². The maximum Gasteiger partial charge on any atom is 0.332 e. The summed E-state index contributed by atoms with van der Waals surface area (Å²) in [5.41, 5.74) is 0.372. The van der Waals surface area contributed by atoms with Crippen molar-refractivity contribution in [1.82, 2.24) is 9.88 Å². The largest absolute Gasteiger partial charge is 0.447 e. The number of nitriles is 1. The summed E-state index contributed by atoms with van der Waals surface area (Å²) in [5, 5.41) is 9.91. The van der Waals surface area contributed by atoms with Crippen LogP contribution in [0.5, 0.6) is 0 Å². The van der Waals surface area contributed by atoms with Gasteiger partial charge in [0.25, 0.3) is 5.91 Å². The molecule has 1 aliphatic heterocycles. The van der Waals surface area contributed by atoms with Crippen LogP contribution < -0.4 is 4.90 Å². The van der Waals surface area contributed by atoms with E-state index in [1.54, 1.807) is 30.2 Å². The van der Waals surface area contributed by atoms with E-state index in [2.05, 4.69) is 11.1 Å². The van der Waals surface area contributed by atoms with Gasteiger partial charge in [-0.3, -0.25) is 4.79 Å². The summed E-state index contributed by atoms with van der Waals surface area (Å²) in [4.78, 5) is 36.7. The molecule has 1 aromatic heterocycles. The van der Waals surface area contributed by atoms with Gasteiger partial charge in [-0.05, 0) is 37.5 Å². The molecule has 2 aromatic rings. The second-order valence-corrected chi connectivity index (χ2v) is 20.4. The van der Waals surface area contributed by atoms with Crippen LogP contribution in [0.3, 0.4) is 0 Å². The van der Waals surface area contributed by atoms with Crippen LogP contribution in [0.4, 0.5) is 10.5 Å². The molecule has 2 heterocycles. The van der Waals surface area contributed by atoms with Crippen LogP contribution in [0.15, 0.2) is 29.1 Å². The zero-order valence-electron chi connectivity index (χ0n) is 40.9. The molecule has 360 valence electrons. The van der Waals surface area contributed by atoms with Crippen molar-refractivity contribution in [3.8, 4) is 6.07 Å². The molecule has 8 heteroatoms. The van der Waals surface area contributed by atoms with Gasteiger partial charge in [-0.15, -0.1) is 0 Å². The van der Waals surface area contributed by atoms with E-state index in [0.717, 1.165) is 38.5 Å². The highest BCUT2D eigenvalue weighted by Gasteiger charge is 2.57. The lowest BCUT2D eigenvalue weighted by Crippen LogP contribution is -2.49. The lowest BCUT2D eigenvalue weighted by molar-refractivity contribution is -0.126. The summed E-state index contributed by atoms with van der Waals surface area (Å²) in [7, 11) is 0. The van der Waals surface area contributed by atoms with E-state index in [4.69, 9.17) is 16.0 Å². The van der Waals surface area contributed by atoms with Crippen molar-refractivity contribution in [3.63, 3.8) is 0 Å². The highest BCUT2D eigenvalue weighted by atomic mass is 35.5. The number of carbonyl (C=O) groups is 2. The Labute approximate surface area is 396 Å². The fourth-order valence-corrected chi connectivity index (χ4v) is 10.8. The molecule has 1 aromatic carbocycles. The van der Waals surface area contributed by atoms with Crippen LogP contribution in [0.25, 0.3) is 0 Å². The quantitative estimate of drug-likeness (QED) is 0.286. The summed E-state index contributed by atoms with van der Waals surface area (Å²) in [6.07, 6.45) is 56.3. The maximum atomic E-state index is 14.9. The third-order valence-electron chi connectivity index (χ3n) is 14.7. The number of urea groups is 1. The predicted octanol–water partition coefficient (Wildman–Crippen LogP) is 18.2. The second kappa shape index (κ2) is 33.6. The van der Waals surface area contributed by atoms with E-state index in [-0.39, 0.29) is 23.5 Å². The first-order valence-electron chi connectivity index (χ1n) is 27.2. The molecule has 1 saturated heterocycles. The minimum atomic E-state index is -0.984. The molecule has 2 fully saturated rings. The molecule has 64 heavy (non-hydrogen) atoms. The molecule has 0 radical (unpaired) electrons. The van der Waals surface area contributed by atoms with Gasteiger partial charge in [0.1, 0.15) is 17.4 Å². The van der Waals surface area contributed by atoms with Crippen molar-refractivity contribution >= 4 is 29.2 Å². The number of nitrogens with zero attached hydrogens (tertiary/aromatic N) is 4. The third kappa shape index (κ3) is 19.5. The highest BCUT2D eigenvalue weighted by molar-refractivity contribution is 6.33. The van der Waals surface area contributed by atoms with Crippen molar-refractivity contribution in [3.05, 3.63) is 46.6 Å². The van der Waals surface area contributed by atoms with Crippen LogP contribution in [-0.4, -0.2) is 27.4 Å². The van der Waals surface area contributed by atoms with E-state index < -0.39 is 5.54 Å². The smallest absolute Gasteiger partial charge is 0.332 e. The van der Waals surface area contributed by atoms with Gasteiger partial charge in [0.2, 0.25) is 0 Å². The Kier molecular flexibility index (Phi) is 28.2. The minimum Gasteiger partial charge on any atom is -0.447 e. The van der Waals surface area contributed by atoms with Gasteiger partial charge in [-0.25, -0.2) is 14.7 Å². The van der Waals surface area contributed by atoms with Crippen molar-refractivity contribution in [2.45, 2.75) is 282 Å². The first kappa shape index (κ1) is 53.8. The monoisotopic (exact) mass is 903 g/mol. The molecule has 7 nitrogen and oxygen atoms in total. The SMILES string of the molecule is Cc1c(N2C(=O)N(Cc3cnco3)C3(CCCCCCCCCCCCCCCCCCCCCCCCCCCCCCCCCCCCCCCCC3)C2=O)ccc(C#N)c1Cl. The van der Waals surface area contributed by atoms with Gasteiger partial charge in [-0.2, -0.15) is 5.26 Å². The maximum absolute atomic E-state index is 14.9. The van der Waals surface area contributed by atoms with Gasteiger partial charge >= 0.3 is 6.03 Å². The summed E-state index contributed by atoms with van der Waals surface area (Å²) < 4.78 is 5.68. The molecule has 0 unspecified atom stereocenters. The fraction of sp³-hybridized carbons (Fsp3) is 0.786. The molecule has 1 saturated carbocycles. The van der Waals surface area contributed by atoms with Crippen LogP contribution in [0, 0.1) is 18.3 Å². The summed E-state index contributed by atoms with van der Waals surface area (Å²) >= 11 is 6.63. The standard InChI is InChI=1S/C56H91ClN4O3/c1-49-52(42-41-50(45-58)53(49)57)61-54(62)56(60(55(61)63)47-51-46-59-48-64-51)43-39-37-35-33-31-29-27-25-23-21-19-17-15-13-11-9-7-5-3-2-4-6-8-10-12-14-16-18-20-22-24-26-28-30-32-34-36-38-40-44-56/h41-42,46,48H,2-40,43-44,47H2,1H3. The highest BCUT2D eigenvalue weighted by Crippen LogP contribution is 2.43. The first-order chi connectivity index (χ1) is 31.5. The molecular formula is C56H91ClN4O3. The van der Waals surface area contributed by atoms with Crippen LogP contribution in [0.1, 0.15) is 280 Å². The molecule has 1 aliphatic carbocycles. The molecule has 0 atom stereocenters. The normalized spacial score (nSPS) is 21.7. The third-order valence-corrected chi connectivity index (χ3v) is 15.2. The predicted molar refractivity (Wildman–Crippen MR) is 268 cm³/mol. The molecule has 0 N–H and O–H groups in total. The van der Waals surface area contributed by atoms with Crippen LogP contribution >= 0.6 is 11.6 Å². The van der Waals surface area contributed by atoms with Crippen molar-refractivity contribution in [2.24, 2.45) is 0 Å². The lowest BCUT2D eigenvalue weighted by Gasteiger charge is -2.35. The number of benzene rings is 1. The van der Waals surface area contributed by atoms with E-state index in [9.17, 15) is 14.9 Å². The van der Waals surface area contributed by atoms with E-state index in [0.29, 0.717) is 35.4 Å². The van der Waals surface area contributed by atoms with Crippen molar-refractivity contribution < 1.29 is 14.0 Å². The topological polar surface area (TPSA) is 90.4 Å². The van der Waals surface area contributed by atoms with E-state index in [1.807, 2.05) is 0 Å². The zero-order valence-corrected chi connectivity index (χ0v) is 41.7. The molecule has 0 bridgehead atoms. The Morgan fingerprint density at radius 3 is 1.19 bits per heavy atom. The number of carbonyl (C=O) groups excluding carboxylic acids is 2. The Balaban J connectivity index is 1.29. The Morgan fingerprint density at radius 1 is 0.562 bits per heavy atom. The fourth-order valence-electron chi connectivity index (χ4n) is 10.6. The summed E-state index contributed by atoms with van der Waals surface area (Å²) in [5.74, 6) is 0.382. The number of rotatable bonds is 3. The second-order valence-electron chi connectivity index (χ2n) is 20.0. The summed E-state index contributed by atoms with van der Waals surface area (Å²) in [6, 6.07) is 5.10. The molecule has 4 rings (SSSR count). The average Bonchev–Trinajstić information content (AvgIpc) is 3.89. The van der Waals surface area contributed by atoms with Crippen molar-refractivity contribution in [2.75, 3.05) is 4.90 Å². The number of anilines is 1. The number of hydrogen-bond acceptors (Lipinski definition) is 5. The number of amides is 3. The zero-order chi connectivity index (χ0) is 45.3. The number of hydrogen-bond donors (Lipinski definition) is 0. The molecule has 2 aliphatic rings. The van der Waals surface area contributed by atoms with Gasteiger partial charge in [0.05, 0.1) is 29.0 Å². The Hall–Kier alpha value is -2.85. The number of halogens is 1. The van der Waals surface area contributed by atoms with Crippen LogP contribution in [-0.2, 0) is 11.3 Å². The number of oxazole rings is 1. The minimum absolute atomic E-state index is 0.183.